The van der Waals surface area contributed by atoms with Crippen LogP contribution in [0, 0.1) is 6.92 Å². The van der Waals surface area contributed by atoms with Crippen molar-refractivity contribution >= 4 is 11.6 Å². The zero-order valence-corrected chi connectivity index (χ0v) is 8.69. The summed E-state index contributed by atoms with van der Waals surface area (Å²) in [4.78, 5) is 15.3. The number of carbonyl (C=O) groups excluding carboxylic acids is 1. The van der Waals surface area contributed by atoms with Gasteiger partial charge in [-0.15, -0.1) is 0 Å². The number of hydrogen-bond donors (Lipinski definition) is 2. The Morgan fingerprint density at radius 1 is 1.60 bits per heavy atom. The second-order valence-corrected chi connectivity index (χ2v) is 3.08. The fourth-order valence-corrected chi connectivity index (χ4v) is 0.987. The number of nitrogens with one attached hydrogen (secondary N) is 1. The van der Waals surface area contributed by atoms with Gasteiger partial charge in [-0.1, -0.05) is 0 Å². The van der Waals surface area contributed by atoms with Crippen molar-refractivity contribution in [3.8, 4) is 0 Å². The summed E-state index contributed by atoms with van der Waals surface area (Å²) in [6.07, 6.45) is 1.61. The van der Waals surface area contributed by atoms with Crippen molar-refractivity contribution < 1.29 is 9.53 Å². The van der Waals surface area contributed by atoms with Gasteiger partial charge in [-0.3, -0.25) is 9.78 Å². The number of ether oxygens (including phenoxy) is 1. The highest BCUT2D eigenvalue weighted by Gasteiger charge is 2.01. The van der Waals surface area contributed by atoms with Crippen LogP contribution in [0.15, 0.2) is 18.3 Å². The Labute approximate surface area is 88.6 Å². The highest BCUT2D eigenvalue weighted by Crippen LogP contribution is 2.04. The summed E-state index contributed by atoms with van der Waals surface area (Å²) in [5.74, 6) is -0.200. The zero-order valence-electron chi connectivity index (χ0n) is 8.69. The lowest BCUT2D eigenvalue weighted by Crippen LogP contribution is -2.20. The predicted molar refractivity (Wildman–Crippen MR) is 57.5 cm³/mol. The fourth-order valence-electron chi connectivity index (χ4n) is 0.987. The molecule has 82 valence electrons. The van der Waals surface area contributed by atoms with Gasteiger partial charge in [0.1, 0.15) is 6.61 Å². The maximum absolute atomic E-state index is 11.3. The maximum Gasteiger partial charge on any atom is 0.250 e. The molecule has 0 bridgehead atoms. The first-order chi connectivity index (χ1) is 7.22. The smallest absolute Gasteiger partial charge is 0.250 e. The van der Waals surface area contributed by atoms with Crippen LogP contribution in [-0.2, 0) is 9.53 Å². The van der Waals surface area contributed by atoms with E-state index in [4.69, 9.17) is 10.5 Å². The third kappa shape index (κ3) is 4.53. The van der Waals surface area contributed by atoms with Gasteiger partial charge in [0.2, 0.25) is 5.91 Å². The summed E-state index contributed by atoms with van der Waals surface area (Å²) in [6, 6.07) is 3.62. The van der Waals surface area contributed by atoms with Gasteiger partial charge in [-0.25, -0.2) is 0 Å². The summed E-state index contributed by atoms with van der Waals surface area (Å²) in [5, 5.41) is 2.66. The van der Waals surface area contributed by atoms with Gasteiger partial charge in [0.05, 0.1) is 18.5 Å². The van der Waals surface area contributed by atoms with Crippen LogP contribution in [0.2, 0.25) is 0 Å². The standard InChI is InChI=1S/C10H15N3O2/c1-8-2-3-9(6-12-8)13-10(14)7-15-5-4-11/h2-3,6H,4-5,7,11H2,1H3,(H,13,14). The molecule has 5 heteroatoms. The minimum Gasteiger partial charge on any atom is -0.370 e. The van der Waals surface area contributed by atoms with Crippen LogP contribution in [0.4, 0.5) is 5.69 Å². The topological polar surface area (TPSA) is 77.2 Å². The summed E-state index contributed by atoms with van der Waals surface area (Å²) >= 11 is 0. The van der Waals surface area contributed by atoms with Crippen molar-refractivity contribution in [2.45, 2.75) is 6.92 Å². The number of rotatable bonds is 5. The van der Waals surface area contributed by atoms with E-state index in [1.807, 2.05) is 13.0 Å². The molecule has 0 atom stereocenters. The Morgan fingerprint density at radius 2 is 2.40 bits per heavy atom. The monoisotopic (exact) mass is 209 g/mol. The molecule has 1 aromatic rings. The van der Waals surface area contributed by atoms with Gasteiger partial charge < -0.3 is 15.8 Å². The predicted octanol–water partition coefficient (Wildman–Crippen LogP) is 0.304. The quantitative estimate of drug-likeness (QED) is 0.684. The minimum absolute atomic E-state index is 0.0189. The van der Waals surface area contributed by atoms with Crippen LogP contribution in [0.25, 0.3) is 0 Å². The lowest BCUT2D eigenvalue weighted by Gasteiger charge is -2.05. The molecular weight excluding hydrogens is 194 g/mol. The van der Waals surface area contributed by atoms with Crippen molar-refractivity contribution in [2.24, 2.45) is 5.73 Å². The van der Waals surface area contributed by atoms with E-state index in [0.717, 1.165) is 5.69 Å². The number of aryl methyl sites for hydroxylation is 1. The van der Waals surface area contributed by atoms with Gasteiger partial charge in [-0.05, 0) is 19.1 Å². The largest absolute Gasteiger partial charge is 0.370 e. The summed E-state index contributed by atoms with van der Waals surface area (Å²) in [5.41, 5.74) is 6.80. The van der Waals surface area contributed by atoms with E-state index in [-0.39, 0.29) is 12.5 Å². The Morgan fingerprint density at radius 3 is 3.00 bits per heavy atom. The van der Waals surface area contributed by atoms with Gasteiger partial charge in [0, 0.05) is 12.2 Å². The Hall–Kier alpha value is -1.46. The molecule has 0 saturated heterocycles. The molecule has 0 saturated carbocycles. The average Bonchev–Trinajstić information content (AvgIpc) is 2.22. The number of aromatic nitrogens is 1. The van der Waals surface area contributed by atoms with Crippen molar-refractivity contribution in [2.75, 3.05) is 25.1 Å². The van der Waals surface area contributed by atoms with Gasteiger partial charge >= 0.3 is 0 Å². The molecule has 0 fully saturated rings. The SMILES string of the molecule is Cc1ccc(NC(=O)COCCN)cn1. The molecule has 1 heterocycles. The van der Waals surface area contributed by atoms with Crippen LogP contribution in [0.1, 0.15) is 5.69 Å². The minimum atomic E-state index is -0.200. The first-order valence-corrected chi connectivity index (χ1v) is 4.72. The molecule has 0 aromatic carbocycles. The second-order valence-electron chi connectivity index (χ2n) is 3.08. The summed E-state index contributed by atoms with van der Waals surface area (Å²) < 4.78 is 4.98. The van der Waals surface area contributed by atoms with Crippen molar-refractivity contribution in [3.05, 3.63) is 24.0 Å². The van der Waals surface area contributed by atoms with Crippen LogP contribution in [0.3, 0.4) is 0 Å². The number of hydrogen-bond acceptors (Lipinski definition) is 4. The van der Waals surface area contributed by atoms with Crippen molar-refractivity contribution in [1.82, 2.24) is 4.98 Å². The normalized spacial score (nSPS) is 10.0. The van der Waals surface area contributed by atoms with Gasteiger partial charge in [0.25, 0.3) is 0 Å². The van der Waals surface area contributed by atoms with E-state index in [0.29, 0.717) is 18.8 Å². The molecule has 0 aliphatic rings. The molecule has 15 heavy (non-hydrogen) atoms. The second kappa shape index (κ2) is 6.10. The molecule has 0 radical (unpaired) electrons. The Kier molecular flexibility index (Phi) is 4.73. The molecular formula is C10H15N3O2. The molecule has 0 spiro atoms. The van der Waals surface area contributed by atoms with Gasteiger partial charge in [0.15, 0.2) is 0 Å². The third-order valence-electron chi connectivity index (χ3n) is 1.69. The Bertz CT molecular complexity index is 311. The highest BCUT2D eigenvalue weighted by molar-refractivity contribution is 5.91. The molecule has 3 N–H and O–H groups in total. The average molecular weight is 209 g/mol. The van der Waals surface area contributed by atoms with Crippen LogP contribution < -0.4 is 11.1 Å². The first-order valence-electron chi connectivity index (χ1n) is 4.72. The van der Waals surface area contributed by atoms with E-state index in [2.05, 4.69) is 10.3 Å². The Balaban J connectivity index is 2.34. The van der Waals surface area contributed by atoms with Crippen molar-refractivity contribution in [3.63, 3.8) is 0 Å². The summed E-state index contributed by atoms with van der Waals surface area (Å²) in [6.45, 7) is 2.71. The van der Waals surface area contributed by atoms with E-state index in [1.165, 1.54) is 0 Å². The van der Waals surface area contributed by atoms with Gasteiger partial charge in [-0.2, -0.15) is 0 Å². The fraction of sp³-hybridized carbons (Fsp3) is 0.400. The molecule has 1 amide bonds. The molecule has 1 aromatic heterocycles. The highest BCUT2D eigenvalue weighted by atomic mass is 16.5. The number of nitrogens with two attached hydrogens (primary N) is 1. The van der Waals surface area contributed by atoms with E-state index in [1.54, 1.807) is 12.3 Å². The third-order valence-corrected chi connectivity index (χ3v) is 1.69. The van der Waals surface area contributed by atoms with Crippen molar-refractivity contribution in [1.29, 1.82) is 0 Å². The van der Waals surface area contributed by atoms with Crippen LogP contribution in [0.5, 0.6) is 0 Å². The molecule has 0 aliphatic carbocycles. The molecule has 0 unspecified atom stereocenters. The molecule has 0 aliphatic heterocycles. The summed E-state index contributed by atoms with van der Waals surface area (Å²) in [7, 11) is 0. The van der Waals surface area contributed by atoms with E-state index >= 15 is 0 Å². The van der Waals surface area contributed by atoms with Crippen LogP contribution in [-0.4, -0.2) is 30.6 Å². The lowest BCUT2D eigenvalue weighted by atomic mass is 10.3. The number of anilines is 1. The zero-order chi connectivity index (χ0) is 11.1. The van der Waals surface area contributed by atoms with Crippen LogP contribution >= 0.6 is 0 Å². The maximum atomic E-state index is 11.3. The van der Waals surface area contributed by atoms with E-state index in [9.17, 15) is 4.79 Å². The number of amides is 1. The number of nitrogens with zero attached hydrogens (tertiary/aromatic N) is 1. The molecule has 1 rings (SSSR count). The molecule has 5 nitrogen and oxygen atoms in total. The number of carbonyl (C=O) groups is 1. The first kappa shape index (κ1) is 11.6. The number of pyridine rings is 1. The lowest BCUT2D eigenvalue weighted by molar-refractivity contribution is -0.120. The van der Waals surface area contributed by atoms with E-state index < -0.39 is 0 Å².